The number of rotatable bonds is 2. The Morgan fingerprint density at radius 2 is 1.92 bits per heavy atom. The molecule has 0 unspecified atom stereocenters. The lowest BCUT2D eigenvalue weighted by Gasteiger charge is -2.23. The summed E-state index contributed by atoms with van der Waals surface area (Å²) in [5.41, 5.74) is 0.403. The number of carbonyl (C=O) groups is 1. The molecule has 0 radical (unpaired) electrons. The Labute approximate surface area is 141 Å². The molecule has 3 nitrogen and oxygen atoms in total. The van der Waals surface area contributed by atoms with Crippen LogP contribution in [-0.2, 0) is 11.0 Å². The third kappa shape index (κ3) is 2.82. The average molecular weight is 376 g/mol. The molecular formula is C16H14ClF3NO2P. The normalized spacial score (nSPS) is 17.0. The molecule has 3 rings (SSSR count). The standard InChI is InChI=1S/C16H14ClF3NO2P/c1-24(2,23)13-8-21(11-6-9(17)5-10(18)7-11)12-3-4-16(19,20)15(22)14(12)13/h5-8H,3-4H2,1-2H3. The number of hydrogen-bond acceptors (Lipinski definition) is 2. The van der Waals surface area contributed by atoms with Crippen LogP contribution in [0, 0.1) is 5.82 Å². The Morgan fingerprint density at radius 3 is 2.50 bits per heavy atom. The van der Waals surface area contributed by atoms with Crippen LogP contribution in [0.4, 0.5) is 13.2 Å². The fraction of sp³-hybridized carbons (Fsp3) is 0.312. The maximum atomic E-state index is 13.9. The largest absolute Gasteiger partial charge is 0.319 e. The Balaban J connectivity index is 2.31. The summed E-state index contributed by atoms with van der Waals surface area (Å²) in [5.74, 6) is -5.41. The lowest BCUT2D eigenvalue weighted by atomic mass is 9.93. The van der Waals surface area contributed by atoms with Gasteiger partial charge in [-0.05, 0) is 37.9 Å². The van der Waals surface area contributed by atoms with Crippen LogP contribution in [0.15, 0.2) is 24.4 Å². The van der Waals surface area contributed by atoms with Gasteiger partial charge in [-0.15, -0.1) is 0 Å². The van der Waals surface area contributed by atoms with Crippen molar-refractivity contribution in [1.82, 2.24) is 4.57 Å². The Morgan fingerprint density at radius 1 is 1.25 bits per heavy atom. The monoisotopic (exact) mass is 375 g/mol. The lowest BCUT2D eigenvalue weighted by molar-refractivity contribution is 0.00187. The van der Waals surface area contributed by atoms with Crippen molar-refractivity contribution in [2.24, 2.45) is 0 Å². The molecule has 2 aromatic rings. The van der Waals surface area contributed by atoms with Gasteiger partial charge in [-0.1, -0.05) is 11.6 Å². The molecule has 0 saturated carbocycles. The van der Waals surface area contributed by atoms with Gasteiger partial charge in [0.25, 0.3) is 0 Å². The van der Waals surface area contributed by atoms with Gasteiger partial charge >= 0.3 is 5.92 Å². The van der Waals surface area contributed by atoms with Crippen LogP contribution in [-0.4, -0.2) is 29.6 Å². The average Bonchev–Trinajstić information content (AvgIpc) is 2.82. The molecule has 128 valence electrons. The highest BCUT2D eigenvalue weighted by Crippen LogP contribution is 2.42. The number of hydrogen-bond donors (Lipinski definition) is 0. The number of Topliss-reactive ketones (excluding diaryl/α,β-unsaturated/α-hetero) is 1. The Bertz CT molecular complexity index is 881. The molecule has 0 saturated heterocycles. The number of halogens is 4. The Hall–Kier alpha value is -1.52. The van der Waals surface area contributed by atoms with E-state index < -0.39 is 31.1 Å². The third-order valence-electron chi connectivity index (χ3n) is 4.03. The smallest absolute Gasteiger partial charge is 0.310 e. The van der Waals surface area contributed by atoms with Crippen molar-refractivity contribution in [3.63, 3.8) is 0 Å². The maximum Gasteiger partial charge on any atom is 0.310 e. The highest BCUT2D eigenvalue weighted by Gasteiger charge is 2.47. The van der Waals surface area contributed by atoms with E-state index in [0.717, 1.165) is 6.07 Å². The quantitative estimate of drug-likeness (QED) is 0.735. The van der Waals surface area contributed by atoms with Gasteiger partial charge in [-0.3, -0.25) is 4.79 Å². The first kappa shape index (κ1) is 17.3. The predicted octanol–water partition coefficient (Wildman–Crippen LogP) is 4.28. The summed E-state index contributed by atoms with van der Waals surface area (Å²) in [6.45, 7) is 2.82. The molecule has 24 heavy (non-hydrogen) atoms. The molecule has 0 amide bonds. The van der Waals surface area contributed by atoms with E-state index in [-0.39, 0.29) is 22.3 Å². The number of nitrogens with zero attached hydrogens (tertiary/aromatic N) is 1. The molecule has 1 aromatic carbocycles. The van der Waals surface area contributed by atoms with Gasteiger partial charge in [0.2, 0.25) is 5.78 Å². The van der Waals surface area contributed by atoms with Gasteiger partial charge in [0, 0.05) is 34.3 Å². The van der Waals surface area contributed by atoms with Crippen molar-refractivity contribution in [2.75, 3.05) is 13.3 Å². The van der Waals surface area contributed by atoms with Crippen molar-refractivity contribution in [1.29, 1.82) is 0 Å². The van der Waals surface area contributed by atoms with Crippen LogP contribution in [0.1, 0.15) is 22.5 Å². The van der Waals surface area contributed by atoms with Crippen molar-refractivity contribution in [3.8, 4) is 5.69 Å². The third-order valence-corrected chi connectivity index (χ3v) is 5.75. The zero-order valence-corrected chi connectivity index (χ0v) is 14.6. The van der Waals surface area contributed by atoms with Gasteiger partial charge in [-0.25, -0.2) is 4.39 Å². The number of ketones is 1. The summed E-state index contributed by atoms with van der Waals surface area (Å²) in [4.78, 5) is 12.2. The lowest BCUT2D eigenvalue weighted by Crippen LogP contribution is -2.36. The number of alkyl halides is 2. The summed E-state index contributed by atoms with van der Waals surface area (Å²) >= 11 is 5.86. The molecule has 1 heterocycles. The van der Waals surface area contributed by atoms with E-state index in [1.165, 1.54) is 36.2 Å². The molecule has 1 aliphatic rings. The van der Waals surface area contributed by atoms with Crippen LogP contribution in [0.5, 0.6) is 0 Å². The molecule has 0 atom stereocenters. The maximum absolute atomic E-state index is 13.9. The first-order chi connectivity index (χ1) is 11.0. The second kappa shape index (κ2) is 5.50. The van der Waals surface area contributed by atoms with Gasteiger partial charge in [0.15, 0.2) is 0 Å². The molecule has 0 N–H and O–H groups in total. The minimum absolute atomic E-state index is 0.0811. The van der Waals surface area contributed by atoms with E-state index in [9.17, 15) is 22.5 Å². The summed E-state index contributed by atoms with van der Waals surface area (Å²) in [6.07, 6.45) is 0.668. The molecule has 8 heteroatoms. The molecule has 0 aliphatic heterocycles. The summed E-state index contributed by atoms with van der Waals surface area (Å²) in [6, 6.07) is 3.76. The molecule has 1 aliphatic carbocycles. The minimum atomic E-state index is -3.48. The van der Waals surface area contributed by atoms with Crippen molar-refractivity contribution in [3.05, 3.63) is 46.5 Å². The molecule has 0 spiro atoms. The SMILES string of the molecule is CP(C)(=O)c1cn(-c2cc(F)cc(Cl)c2)c2c1C(=O)C(F)(F)CC2. The predicted molar refractivity (Wildman–Crippen MR) is 87.4 cm³/mol. The van der Waals surface area contributed by atoms with Crippen LogP contribution in [0.3, 0.4) is 0 Å². The first-order valence-electron chi connectivity index (χ1n) is 7.19. The van der Waals surface area contributed by atoms with E-state index >= 15 is 0 Å². The van der Waals surface area contributed by atoms with Gasteiger partial charge < -0.3 is 9.13 Å². The molecule has 1 aromatic heterocycles. The molecule has 0 bridgehead atoms. The van der Waals surface area contributed by atoms with Crippen molar-refractivity contribution >= 4 is 29.8 Å². The topological polar surface area (TPSA) is 39.1 Å². The van der Waals surface area contributed by atoms with Crippen molar-refractivity contribution in [2.45, 2.75) is 18.8 Å². The highest BCUT2D eigenvalue weighted by atomic mass is 35.5. The number of aromatic nitrogens is 1. The molecular weight excluding hydrogens is 362 g/mol. The van der Waals surface area contributed by atoms with E-state index in [1.54, 1.807) is 0 Å². The fourth-order valence-corrected chi connectivity index (χ4v) is 4.29. The summed E-state index contributed by atoms with van der Waals surface area (Å²) in [5, 5.41) is 0.222. The second-order valence-corrected chi connectivity index (χ2v) is 9.84. The van der Waals surface area contributed by atoms with Gasteiger partial charge in [0.1, 0.15) is 13.0 Å². The minimum Gasteiger partial charge on any atom is -0.319 e. The summed E-state index contributed by atoms with van der Waals surface area (Å²) in [7, 11) is -3.00. The van der Waals surface area contributed by atoms with Crippen molar-refractivity contribution < 1.29 is 22.5 Å². The van der Waals surface area contributed by atoms with E-state index in [2.05, 4.69) is 0 Å². The Kier molecular flexibility index (Phi) is 3.97. The van der Waals surface area contributed by atoms with Crippen LogP contribution >= 0.6 is 18.7 Å². The van der Waals surface area contributed by atoms with Crippen LogP contribution in [0.2, 0.25) is 5.02 Å². The first-order valence-corrected chi connectivity index (χ1v) is 10.2. The zero-order valence-electron chi connectivity index (χ0n) is 12.9. The fourth-order valence-electron chi connectivity index (χ4n) is 2.91. The highest BCUT2D eigenvalue weighted by molar-refractivity contribution is 7.70. The summed E-state index contributed by atoms with van der Waals surface area (Å²) < 4.78 is 55.3. The van der Waals surface area contributed by atoms with Gasteiger partial charge in [0.05, 0.1) is 5.56 Å². The number of carbonyl (C=O) groups excluding carboxylic acids is 1. The van der Waals surface area contributed by atoms with E-state index in [4.69, 9.17) is 11.6 Å². The number of fused-ring (bicyclic) bond motifs is 1. The van der Waals surface area contributed by atoms with E-state index in [1.807, 2.05) is 0 Å². The van der Waals surface area contributed by atoms with E-state index in [0.29, 0.717) is 11.4 Å². The molecule has 0 fully saturated rings. The second-order valence-electron chi connectivity index (χ2n) is 6.22. The zero-order chi connectivity index (χ0) is 17.9. The van der Waals surface area contributed by atoms with Gasteiger partial charge in [-0.2, -0.15) is 8.78 Å². The number of benzene rings is 1. The van der Waals surface area contributed by atoms with Crippen LogP contribution in [0.25, 0.3) is 5.69 Å². The van der Waals surface area contributed by atoms with Crippen LogP contribution < -0.4 is 5.30 Å².